The second-order valence-electron chi connectivity index (χ2n) is 4.41. The van der Waals surface area contributed by atoms with Gasteiger partial charge in [-0.1, -0.05) is 6.42 Å². The lowest BCUT2D eigenvalue weighted by Gasteiger charge is -2.32. The molecule has 94 valence electrons. The van der Waals surface area contributed by atoms with Gasteiger partial charge in [-0.15, -0.1) is 0 Å². The van der Waals surface area contributed by atoms with E-state index in [0.717, 1.165) is 19.3 Å². The van der Waals surface area contributed by atoms with Gasteiger partial charge in [-0.05, 0) is 25.8 Å². The first-order valence-corrected chi connectivity index (χ1v) is 7.18. The molecule has 17 heavy (non-hydrogen) atoms. The Morgan fingerprint density at radius 2 is 2.18 bits per heavy atom. The van der Waals surface area contributed by atoms with Gasteiger partial charge in [0.05, 0.1) is 5.69 Å². The summed E-state index contributed by atoms with van der Waals surface area (Å²) in [6, 6.07) is 1.51. The van der Waals surface area contributed by atoms with Crippen LogP contribution in [-0.2, 0) is 10.0 Å². The van der Waals surface area contributed by atoms with E-state index in [1.165, 1.54) is 18.5 Å². The number of nitrogens with two attached hydrogens (primary N) is 1. The number of hydrogen-bond acceptors (Lipinski definition) is 4. The van der Waals surface area contributed by atoms with Gasteiger partial charge in [-0.25, -0.2) is 8.42 Å². The number of piperidine rings is 1. The number of nitrogen functional groups attached to an aromatic ring is 1. The number of anilines is 1. The maximum Gasteiger partial charge on any atom is 0.244 e. The number of rotatable bonds is 2. The number of hydrogen-bond donors (Lipinski definition) is 1. The van der Waals surface area contributed by atoms with Crippen LogP contribution in [0.2, 0.25) is 0 Å². The molecule has 0 spiro atoms. The molecule has 1 aromatic rings. The average molecular weight is 255 g/mol. The lowest BCUT2D eigenvalue weighted by Crippen LogP contribution is -2.41. The summed E-state index contributed by atoms with van der Waals surface area (Å²) in [4.78, 5) is 4.03. The molecule has 0 radical (unpaired) electrons. The predicted octanol–water partition coefficient (Wildman–Crippen LogP) is 1.23. The zero-order valence-corrected chi connectivity index (χ0v) is 10.7. The average Bonchev–Trinajstić information content (AvgIpc) is 2.29. The summed E-state index contributed by atoms with van der Waals surface area (Å²) in [5.41, 5.74) is 5.95. The smallest absolute Gasteiger partial charge is 0.244 e. The number of nitrogens with zero attached hydrogens (tertiary/aromatic N) is 2. The van der Waals surface area contributed by atoms with E-state index in [0.29, 0.717) is 12.2 Å². The summed E-state index contributed by atoms with van der Waals surface area (Å²) >= 11 is 0. The Hall–Kier alpha value is -1.14. The van der Waals surface area contributed by atoms with Crippen molar-refractivity contribution < 1.29 is 8.42 Å². The highest BCUT2D eigenvalue weighted by atomic mass is 32.2. The van der Waals surface area contributed by atoms with Crippen LogP contribution in [0, 0.1) is 0 Å². The Kier molecular flexibility index (Phi) is 3.35. The monoisotopic (exact) mass is 255 g/mol. The van der Waals surface area contributed by atoms with Crippen molar-refractivity contribution in [2.24, 2.45) is 0 Å². The van der Waals surface area contributed by atoms with E-state index in [9.17, 15) is 8.42 Å². The van der Waals surface area contributed by atoms with Crippen molar-refractivity contribution in [2.45, 2.75) is 37.1 Å². The van der Waals surface area contributed by atoms with E-state index < -0.39 is 10.0 Å². The molecule has 1 aliphatic heterocycles. The van der Waals surface area contributed by atoms with Crippen molar-refractivity contribution in [1.29, 1.82) is 0 Å². The van der Waals surface area contributed by atoms with Crippen LogP contribution < -0.4 is 5.73 Å². The Bertz CT molecular complexity index is 501. The summed E-state index contributed by atoms with van der Waals surface area (Å²) in [5, 5.41) is 0. The van der Waals surface area contributed by atoms with Crippen LogP contribution in [0.25, 0.3) is 0 Å². The van der Waals surface area contributed by atoms with Crippen molar-refractivity contribution >= 4 is 15.7 Å². The fourth-order valence-electron chi connectivity index (χ4n) is 2.14. The Morgan fingerprint density at radius 3 is 2.82 bits per heavy atom. The molecule has 1 saturated heterocycles. The SMILES string of the molecule is CC1CCCCN1S(=O)(=O)c1cncc(N)c1. The minimum absolute atomic E-state index is 0.0511. The van der Waals surface area contributed by atoms with Gasteiger partial charge < -0.3 is 5.73 Å². The van der Waals surface area contributed by atoms with Gasteiger partial charge in [0, 0.05) is 25.0 Å². The maximum absolute atomic E-state index is 12.4. The summed E-state index contributed by atoms with van der Waals surface area (Å²) in [6.07, 6.45) is 5.71. The molecule has 1 aromatic heterocycles. The maximum atomic E-state index is 12.4. The zero-order valence-electron chi connectivity index (χ0n) is 9.83. The van der Waals surface area contributed by atoms with E-state index in [1.807, 2.05) is 6.92 Å². The third kappa shape index (κ3) is 2.42. The van der Waals surface area contributed by atoms with Gasteiger partial charge >= 0.3 is 0 Å². The fraction of sp³-hybridized carbons (Fsp3) is 0.545. The summed E-state index contributed by atoms with van der Waals surface area (Å²) in [6.45, 7) is 2.52. The van der Waals surface area contributed by atoms with Crippen molar-refractivity contribution in [3.05, 3.63) is 18.5 Å². The van der Waals surface area contributed by atoms with Crippen LogP contribution in [0.5, 0.6) is 0 Å². The topological polar surface area (TPSA) is 76.3 Å². The predicted molar refractivity (Wildman–Crippen MR) is 65.9 cm³/mol. The molecule has 6 heteroatoms. The molecule has 0 aliphatic carbocycles. The first-order valence-electron chi connectivity index (χ1n) is 5.74. The molecule has 0 saturated carbocycles. The molecule has 0 bridgehead atoms. The van der Waals surface area contributed by atoms with Crippen LogP contribution in [-0.4, -0.2) is 30.3 Å². The lowest BCUT2D eigenvalue weighted by molar-refractivity contribution is 0.268. The van der Waals surface area contributed by atoms with Gasteiger partial charge in [0.15, 0.2) is 0 Å². The highest BCUT2D eigenvalue weighted by Crippen LogP contribution is 2.25. The first kappa shape index (κ1) is 12.3. The van der Waals surface area contributed by atoms with Crippen LogP contribution in [0.1, 0.15) is 26.2 Å². The first-order chi connectivity index (χ1) is 8.01. The number of pyridine rings is 1. The number of aromatic nitrogens is 1. The second kappa shape index (κ2) is 4.62. The Morgan fingerprint density at radius 1 is 1.41 bits per heavy atom. The highest BCUT2D eigenvalue weighted by molar-refractivity contribution is 7.89. The quantitative estimate of drug-likeness (QED) is 0.862. The number of sulfonamides is 1. The molecule has 0 aromatic carbocycles. The van der Waals surface area contributed by atoms with E-state index in [1.54, 1.807) is 4.31 Å². The van der Waals surface area contributed by atoms with Crippen LogP contribution in [0.15, 0.2) is 23.4 Å². The molecule has 1 atom stereocenters. The van der Waals surface area contributed by atoms with Crippen molar-refractivity contribution in [2.75, 3.05) is 12.3 Å². The van der Waals surface area contributed by atoms with Crippen LogP contribution >= 0.6 is 0 Å². The normalized spacial score (nSPS) is 22.5. The molecule has 1 unspecified atom stereocenters. The minimum atomic E-state index is -3.44. The summed E-state index contributed by atoms with van der Waals surface area (Å²) in [7, 11) is -3.44. The molecule has 2 rings (SSSR count). The van der Waals surface area contributed by atoms with Crippen molar-refractivity contribution in [3.63, 3.8) is 0 Å². The van der Waals surface area contributed by atoms with Gasteiger partial charge in [0.1, 0.15) is 4.90 Å². The summed E-state index contributed by atoms with van der Waals surface area (Å²) < 4.78 is 26.3. The van der Waals surface area contributed by atoms with E-state index in [-0.39, 0.29) is 10.9 Å². The molecular weight excluding hydrogens is 238 g/mol. The lowest BCUT2D eigenvalue weighted by atomic mass is 10.1. The van der Waals surface area contributed by atoms with Gasteiger partial charge in [-0.3, -0.25) is 4.98 Å². The fourth-order valence-corrected chi connectivity index (χ4v) is 3.84. The minimum Gasteiger partial charge on any atom is -0.397 e. The highest BCUT2D eigenvalue weighted by Gasteiger charge is 2.31. The van der Waals surface area contributed by atoms with Crippen molar-refractivity contribution in [3.8, 4) is 0 Å². The van der Waals surface area contributed by atoms with Crippen LogP contribution in [0.4, 0.5) is 5.69 Å². The Labute approximate surface area is 102 Å². The molecular formula is C11H17N3O2S. The largest absolute Gasteiger partial charge is 0.397 e. The molecule has 0 amide bonds. The molecule has 1 fully saturated rings. The molecule has 2 N–H and O–H groups in total. The third-order valence-corrected chi connectivity index (χ3v) is 5.06. The van der Waals surface area contributed by atoms with E-state index in [4.69, 9.17) is 5.73 Å². The standard InChI is InChI=1S/C11H17N3O2S/c1-9-4-2-3-5-14(9)17(15,16)11-6-10(12)7-13-8-11/h6-9H,2-5,12H2,1H3. The Balaban J connectivity index is 2.35. The molecule has 2 heterocycles. The van der Waals surface area contributed by atoms with Crippen molar-refractivity contribution in [1.82, 2.24) is 9.29 Å². The van der Waals surface area contributed by atoms with Gasteiger partial charge in [0.25, 0.3) is 0 Å². The van der Waals surface area contributed by atoms with Gasteiger partial charge in [-0.2, -0.15) is 4.31 Å². The van der Waals surface area contributed by atoms with Gasteiger partial charge in [0.2, 0.25) is 10.0 Å². The van der Waals surface area contributed by atoms with E-state index in [2.05, 4.69) is 4.98 Å². The van der Waals surface area contributed by atoms with Crippen LogP contribution in [0.3, 0.4) is 0 Å². The molecule has 1 aliphatic rings. The van der Waals surface area contributed by atoms with E-state index >= 15 is 0 Å². The summed E-state index contributed by atoms with van der Waals surface area (Å²) in [5.74, 6) is 0. The third-order valence-electron chi connectivity index (χ3n) is 3.08. The second-order valence-corrected chi connectivity index (χ2v) is 6.31. The molecule has 5 nitrogen and oxygen atoms in total. The zero-order chi connectivity index (χ0) is 12.5.